The van der Waals surface area contributed by atoms with E-state index in [1.165, 1.54) is 26.4 Å². The Hall–Kier alpha value is -2.80. The number of halogens is 1. The Bertz CT molecular complexity index is 844. The summed E-state index contributed by atoms with van der Waals surface area (Å²) in [7, 11) is 2.71. The van der Waals surface area contributed by atoms with Gasteiger partial charge in [-0.1, -0.05) is 11.6 Å². The number of hydrogen-bond donors (Lipinski definition) is 1. The number of anilines is 1. The molecule has 1 aliphatic heterocycles. The minimum atomic E-state index is -0.566. The zero-order valence-corrected chi connectivity index (χ0v) is 15.8. The minimum absolute atomic E-state index is 0.0111. The molecule has 1 aliphatic rings. The van der Waals surface area contributed by atoms with Gasteiger partial charge >= 0.3 is 12.0 Å². The summed E-state index contributed by atoms with van der Waals surface area (Å²) in [5.41, 5.74) is 1.60. The van der Waals surface area contributed by atoms with Gasteiger partial charge in [-0.3, -0.25) is 4.98 Å². The zero-order chi connectivity index (χ0) is 19.4. The van der Waals surface area contributed by atoms with E-state index in [9.17, 15) is 9.59 Å². The highest BCUT2D eigenvalue weighted by Gasteiger charge is 2.30. The number of likely N-dealkylation sites (tertiary alicyclic amines) is 1. The van der Waals surface area contributed by atoms with Gasteiger partial charge in [0.15, 0.2) is 0 Å². The first-order chi connectivity index (χ1) is 13.0. The molecular weight excluding hydrogens is 370 g/mol. The molecule has 7 nitrogen and oxygen atoms in total. The standard InChI is InChI=1S/C19H20ClN3O4/c1-26-17-11-15(14(20)10-13(17)18(24)27-2)22-19(25)23-9-3-4-16(23)12-5-7-21-8-6-12/h5-8,10-11,16H,3-4,9H2,1-2H3,(H,22,25)/t16-/m0/s1. The second kappa shape index (κ2) is 8.26. The van der Waals surface area contributed by atoms with Crippen molar-refractivity contribution in [1.29, 1.82) is 0 Å². The van der Waals surface area contributed by atoms with Crippen LogP contribution in [0.1, 0.15) is 34.8 Å². The molecule has 1 atom stereocenters. The fourth-order valence-corrected chi connectivity index (χ4v) is 3.43. The van der Waals surface area contributed by atoms with Gasteiger partial charge in [-0.2, -0.15) is 0 Å². The first-order valence-electron chi connectivity index (χ1n) is 8.48. The number of rotatable bonds is 4. The Morgan fingerprint density at radius 1 is 1.26 bits per heavy atom. The number of ether oxygens (including phenoxy) is 2. The first-order valence-corrected chi connectivity index (χ1v) is 8.86. The molecule has 3 rings (SSSR count). The van der Waals surface area contributed by atoms with Gasteiger partial charge < -0.3 is 19.7 Å². The summed E-state index contributed by atoms with van der Waals surface area (Å²) in [6.45, 7) is 0.647. The highest BCUT2D eigenvalue weighted by Crippen LogP contribution is 2.35. The predicted molar refractivity (Wildman–Crippen MR) is 101 cm³/mol. The van der Waals surface area contributed by atoms with Crippen LogP contribution in [-0.2, 0) is 4.74 Å². The Labute approximate surface area is 162 Å². The first kappa shape index (κ1) is 19.0. The van der Waals surface area contributed by atoms with Crippen LogP contribution >= 0.6 is 11.6 Å². The van der Waals surface area contributed by atoms with Crippen LogP contribution in [0.5, 0.6) is 5.75 Å². The number of benzene rings is 1. The van der Waals surface area contributed by atoms with Gasteiger partial charge in [0.05, 0.1) is 31.0 Å². The van der Waals surface area contributed by atoms with Crippen LogP contribution in [0.3, 0.4) is 0 Å². The van der Waals surface area contributed by atoms with Gasteiger partial charge in [0, 0.05) is 25.0 Å². The molecule has 0 aliphatic carbocycles. The number of pyridine rings is 1. The molecule has 142 valence electrons. The lowest BCUT2D eigenvalue weighted by Gasteiger charge is -2.25. The van der Waals surface area contributed by atoms with Gasteiger partial charge in [-0.15, -0.1) is 0 Å². The minimum Gasteiger partial charge on any atom is -0.496 e. The lowest BCUT2D eigenvalue weighted by atomic mass is 10.1. The van der Waals surface area contributed by atoms with Crippen LogP contribution in [-0.4, -0.2) is 42.6 Å². The molecule has 1 aromatic heterocycles. The van der Waals surface area contributed by atoms with E-state index in [1.54, 1.807) is 17.3 Å². The molecule has 1 N–H and O–H groups in total. The van der Waals surface area contributed by atoms with Crippen molar-refractivity contribution in [3.05, 3.63) is 52.8 Å². The van der Waals surface area contributed by atoms with E-state index in [4.69, 9.17) is 21.1 Å². The maximum atomic E-state index is 12.8. The lowest BCUT2D eigenvalue weighted by Crippen LogP contribution is -2.34. The number of nitrogens with zero attached hydrogens (tertiary/aromatic N) is 2. The van der Waals surface area contributed by atoms with Crippen molar-refractivity contribution < 1.29 is 19.1 Å². The largest absolute Gasteiger partial charge is 0.496 e. The summed E-state index contributed by atoms with van der Waals surface area (Å²) in [4.78, 5) is 30.5. The van der Waals surface area contributed by atoms with Crippen LogP contribution in [0.15, 0.2) is 36.7 Å². The van der Waals surface area contributed by atoms with E-state index >= 15 is 0 Å². The van der Waals surface area contributed by atoms with Crippen molar-refractivity contribution in [1.82, 2.24) is 9.88 Å². The molecule has 0 unspecified atom stereocenters. The van der Waals surface area contributed by atoms with Crippen molar-refractivity contribution in [2.24, 2.45) is 0 Å². The molecule has 2 amide bonds. The number of nitrogens with one attached hydrogen (secondary N) is 1. The molecule has 2 aromatic rings. The average molecular weight is 390 g/mol. The molecule has 0 spiro atoms. The Balaban J connectivity index is 1.82. The van der Waals surface area contributed by atoms with Crippen molar-refractivity contribution in [3.63, 3.8) is 0 Å². The quantitative estimate of drug-likeness (QED) is 0.802. The average Bonchev–Trinajstić information content (AvgIpc) is 3.19. The van der Waals surface area contributed by atoms with Crippen molar-refractivity contribution in [2.75, 3.05) is 26.1 Å². The van der Waals surface area contributed by atoms with Crippen LogP contribution < -0.4 is 10.1 Å². The second-order valence-electron chi connectivity index (χ2n) is 6.09. The normalized spacial score (nSPS) is 16.1. The van der Waals surface area contributed by atoms with Crippen molar-refractivity contribution in [2.45, 2.75) is 18.9 Å². The lowest BCUT2D eigenvalue weighted by molar-refractivity contribution is 0.0597. The molecule has 1 saturated heterocycles. The monoisotopic (exact) mass is 389 g/mol. The predicted octanol–water partition coefficient (Wildman–Crippen LogP) is 3.90. The molecule has 8 heteroatoms. The SMILES string of the molecule is COC(=O)c1cc(Cl)c(NC(=O)N2CCC[C@H]2c2ccncc2)cc1OC. The fourth-order valence-electron chi connectivity index (χ4n) is 3.22. The molecule has 0 bridgehead atoms. The van der Waals surface area contributed by atoms with Crippen molar-refractivity contribution in [3.8, 4) is 5.75 Å². The number of hydrogen-bond acceptors (Lipinski definition) is 5. The highest BCUT2D eigenvalue weighted by atomic mass is 35.5. The smallest absolute Gasteiger partial charge is 0.341 e. The summed E-state index contributed by atoms with van der Waals surface area (Å²) in [5.74, 6) is -0.294. The second-order valence-corrected chi connectivity index (χ2v) is 6.49. The molecule has 1 fully saturated rings. The molecular formula is C19H20ClN3O4. The summed E-state index contributed by atoms with van der Waals surface area (Å²) in [6.07, 6.45) is 5.24. The highest BCUT2D eigenvalue weighted by molar-refractivity contribution is 6.34. The van der Waals surface area contributed by atoms with E-state index in [0.717, 1.165) is 18.4 Å². The Kier molecular flexibility index (Phi) is 5.81. The van der Waals surface area contributed by atoms with Crippen LogP contribution in [0, 0.1) is 0 Å². The third-order valence-corrected chi connectivity index (χ3v) is 4.85. The summed E-state index contributed by atoms with van der Waals surface area (Å²) in [5, 5.41) is 3.04. The molecule has 0 saturated carbocycles. The summed E-state index contributed by atoms with van der Waals surface area (Å²) >= 11 is 6.26. The Morgan fingerprint density at radius 3 is 2.67 bits per heavy atom. The number of esters is 1. The molecule has 1 aromatic carbocycles. The number of carbonyl (C=O) groups is 2. The third-order valence-electron chi connectivity index (χ3n) is 4.54. The number of urea groups is 1. The number of carbonyl (C=O) groups excluding carboxylic acids is 2. The number of methoxy groups -OCH3 is 2. The van der Waals surface area contributed by atoms with Crippen LogP contribution in [0.25, 0.3) is 0 Å². The van der Waals surface area contributed by atoms with E-state index in [-0.39, 0.29) is 28.4 Å². The maximum Gasteiger partial charge on any atom is 0.341 e. The fraction of sp³-hybridized carbons (Fsp3) is 0.316. The molecule has 2 heterocycles. The van der Waals surface area contributed by atoms with Gasteiger partial charge in [0.25, 0.3) is 0 Å². The zero-order valence-electron chi connectivity index (χ0n) is 15.1. The summed E-state index contributed by atoms with van der Waals surface area (Å²) in [6, 6.07) is 6.50. The van der Waals surface area contributed by atoms with Crippen LogP contribution in [0.2, 0.25) is 5.02 Å². The number of aromatic nitrogens is 1. The van der Waals surface area contributed by atoms with Gasteiger partial charge in [0.1, 0.15) is 11.3 Å². The maximum absolute atomic E-state index is 12.8. The number of amides is 2. The summed E-state index contributed by atoms with van der Waals surface area (Å²) < 4.78 is 9.95. The van der Waals surface area contributed by atoms with E-state index in [0.29, 0.717) is 12.2 Å². The van der Waals surface area contributed by atoms with Gasteiger partial charge in [-0.05, 0) is 36.6 Å². The third kappa shape index (κ3) is 3.98. The van der Waals surface area contributed by atoms with Crippen LogP contribution in [0.4, 0.5) is 10.5 Å². The van der Waals surface area contributed by atoms with E-state index in [2.05, 4.69) is 10.3 Å². The topological polar surface area (TPSA) is 80.8 Å². The van der Waals surface area contributed by atoms with E-state index < -0.39 is 5.97 Å². The van der Waals surface area contributed by atoms with Gasteiger partial charge in [0.2, 0.25) is 0 Å². The molecule has 0 radical (unpaired) electrons. The van der Waals surface area contributed by atoms with Gasteiger partial charge in [-0.25, -0.2) is 9.59 Å². The van der Waals surface area contributed by atoms with E-state index in [1.807, 2.05) is 12.1 Å². The Morgan fingerprint density at radius 2 is 2.00 bits per heavy atom. The van der Waals surface area contributed by atoms with Crippen molar-refractivity contribution >= 4 is 29.3 Å². The molecule has 27 heavy (non-hydrogen) atoms.